The van der Waals surface area contributed by atoms with Crippen LogP contribution >= 0.6 is 69.6 Å². The summed E-state index contributed by atoms with van der Waals surface area (Å²) < 4.78 is 35.6. The number of rotatable bonds is 7. The van der Waals surface area contributed by atoms with E-state index in [1.54, 1.807) is 18.2 Å². The fraction of sp³-hybridized carbons (Fsp3) is 0.629. The average Bonchev–Trinajstić information content (AvgIpc) is 3.07. The number of fused-ring (bicyclic) bond motifs is 5. The van der Waals surface area contributed by atoms with Crippen LogP contribution in [0.4, 0.5) is 9.59 Å². The Labute approximate surface area is 345 Å². The lowest BCUT2D eigenvalue weighted by atomic mass is 9.44. The lowest BCUT2D eigenvalue weighted by Gasteiger charge is -2.67. The number of carbonyl (C=O) groups excluding carboxylic acids is 5. The minimum Gasteiger partial charge on any atom is -0.455 e. The number of Topliss-reactive ketones (excluding diaryl/α,β-unsaturated/α-hetero) is 1. The molecule has 1 unspecified atom stereocenters. The van der Waals surface area contributed by atoms with Crippen LogP contribution in [0.1, 0.15) is 57.8 Å². The molecule has 0 spiro atoms. The summed E-state index contributed by atoms with van der Waals surface area (Å²) >= 11 is 34.7. The molecular weight excluding hydrogens is 857 g/mol. The van der Waals surface area contributed by atoms with E-state index in [0.717, 1.165) is 6.92 Å². The topological polar surface area (TPSA) is 190 Å². The number of carbonyl (C=O) groups is 5. The molecule has 9 atom stereocenters. The molecule has 0 aromatic heterocycles. The summed E-state index contributed by atoms with van der Waals surface area (Å²) in [6.07, 6.45) is -11.9. The normalized spacial score (nSPS) is 34.0. The van der Waals surface area contributed by atoms with Gasteiger partial charge in [-0.2, -0.15) is 0 Å². The maximum Gasteiger partial charge on any atom is 0.509 e. The molecule has 304 valence electrons. The van der Waals surface area contributed by atoms with Crippen LogP contribution < -0.4 is 0 Å². The molecule has 55 heavy (non-hydrogen) atoms. The number of ether oxygens (including phenoxy) is 7. The number of halogens is 6. The molecule has 1 heterocycles. The second-order valence-electron chi connectivity index (χ2n) is 14.7. The van der Waals surface area contributed by atoms with E-state index in [-0.39, 0.29) is 29.7 Å². The van der Waals surface area contributed by atoms with E-state index in [2.05, 4.69) is 0 Å². The molecule has 20 heteroatoms. The molecule has 14 nitrogen and oxygen atoms in total. The Hall–Kier alpha value is -2.27. The van der Waals surface area contributed by atoms with Gasteiger partial charge in [-0.25, -0.2) is 14.4 Å². The van der Waals surface area contributed by atoms with Gasteiger partial charge < -0.3 is 43.4 Å². The Bertz CT molecular complexity index is 1740. The highest BCUT2D eigenvalue weighted by Crippen LogP contribution is 2.64. The van der Waals surface area contributed by atoms with Gasteiger partial charge in [0.05, 0.1) is 29.6 Å². The molecule has 2 saturated carbocycles. The molecule has 1 aromatic carbocycles. The number of benzene rings is 1. The van der Waals surface area contributed by atoms with Crippen LogP contribution in [0.15, 0.2) is 41.5 Å². The summed E-state index contributed by atoms with van der Waals surface area (Å²) in [6, 6.07) is 7.71. The Balaban J connectivity index is 1.80. The summed E-state index contributed by atoms with van der Waals surface area (Å²) in [7, 11) is 0. The monoisotopic (exact) mass is 892 g/mol. The second kappa shape index (κ2) is 15.5. The maximum atomic E-state index is 15.6. The summed E-state index contributed by atoms with van der Waals surface area (Å²) in [4.78, 5) is 69.2. The Morgan fingerprint density at radius 3 is 1.98 bits per heavy atom. The number of aliphatic hydroxyl groups excluding tert-OH is 1. The highest BCUT2D eigenvalue weighted by atomic mass is 35.6. The maximum absolute atomic E-state index is 15.6. The first-order valence-electron chi connectivity index (χ1n) is 16.8. The first kappa shape index (κ1) is 43.8. The van der Waals surface area contributed by atoms with Crippen LogP contribution in [-0.4, -0.2) is 109 Å². The molecule has 3 fully saturated rings. The minimum atomic E-state index is -2.37. The average molecular weight is 895 g/mol. The van der Waals surface area contributed by atoms with Crippen LogP contribution in [0.25, 0.3) is 0 Å². The van der Waals surface area contributed by atoms with E-state index >= 15 is 4.79 Å². The van der Waals surface area contributed by atoms with Gasteiger partial charge in [0.2, 0.25) is 7.59 Å². The Morgan fingerprint density at radius 1 is 0.909 bits per heavy atom. The van der Waals surface area contributed by atoms with Crippen molar-refractivity contribution in [2.45, 2.75) is 96.8 Å². The van der Waals surface area contributed by atoms with Gasteiger partial charge in [0.25, 0.3) is 0 Å². The van der Waals surface area contributed by atoms with Crippen molar-refractivity contribution in [1.29, 1.82) is 0 Å². The summed E-state index contributed by atoms with van der Waals surface area (Å²) in [5.41, 5.74) is -8.11. The number of alkyl halides is 6. The largest absolute Gasteiger partial charge is 0.509 e. The lowest BCUT2D eigenvalue weighted by molar-refractivity contribution is -0.346. The summed E-state index contributed by atoms with van der Waals surface area (Å²) in [5, 5.41) is 24.8. The molecule has 1 aliphatic heterocycles. The number of hydrogen-bond donors (Lipinski definition) is 2. The molecule has 0 radical (unpaired) electrons. The fourth-order valence-electron chi connectivity index (χ4n) is 8.45. The van der Waals surface area contributed by atoms with Gasteiger partial charge in [-0.3, -0.25) is 9.59 Å². The van der Waals surface area contributed by atoms with Crippen molar-refractivity contribution in [3.8, 4) is 0 Å². The van der Waals surface area contributed by atoms with Gasteiger partial charge in [-0.05, 0) is 37.1 Å². The number of hydrogen-bond acceptors (Lipinski definition) is 14. The second-order valence-corrected chi connectivity index (χ2v) is 19.7. The van der Waals surface area contributed by atoms with Crippen LogP contribution in [0, 0.1) is 16.7 Å². The quantitative estimate of drug-likeness (QED) is 0.137. The zero-order valence-corrected chi connectivity index (χ0v) is 34.5. The molecule has 0 amide bonds. The molecule has 1 saturated heterocycles. The zero-order valence-electron chi connectivity index (χ0n) is 29.9. The third kappa shape index (κ3) is 8.22. The molecular formula is C35H38Cl6O14. The lowest BCUT2D eigenvalue weighted by Crippen LogP contribution is -2.82. The highest BCUT2D eigenvalue weighted by Gasteiger charge is 2.79. The smallest absolute Gasteiger partial charge is 0.455 e. The predicted molar refractivity (Wildman–Crippen MR) is 196 cm³/mol. The van der Waals surface area contributed by atoms with E-state index in [1.807, 2.05) is 0 Å². The van der Waals surface area contributed by atoms with Gasteiger partial charge in [0.15, 0.2) is 17.5 Å². The molecule has 2 N–H and O–H groups in total. The SMILES string of the molecule is CC(=O)O[C@@]12CO[C@@H]1C[C@H](OC(=O)OCC(Cl)(Cl)Cl)[C@@]1(C)C(=O)C(OC(=O)OCC(Cl)(Cl)Cl)C3=C(C)[C@@H](O)C[C@@](O)([C@@H](OC(=O)c4ccccc4)[C@H]21)C3(C)C. The van der Waals surface area contributed by atoms with E-state index in [4.69, 9.17) is 103 Å². The molecule has 2 bridgehead atoms. The van der Waals surface area contributed by atoms with E-state index < -0.39 is 116 Å². The van der Waals surface area contributed by atoms with Gasteiger partial charge in [-0.15, -0.1) is 0 Å². The standard InChI is InChI=1S/C35H38Cl6O14/c1-16-19(43)12-33(48)26(54-27(45)18-9-7-6-8-10-18)24-31(5,25(44)23(22(16)30(33,3)4)53-29(47)51-15-35(39,40)41)20(52-28(46)50-14-34(36,37)38)11-21-32(24,13-49-21)55-17(2)42/h6-10,19-21,23-24,26,43,48H,11-15H2,1-5H3/t19-,20-,21+,23?,24-,26-,31+,32-,33+/m0/s1. The van der Waals surface area contributed by atoms with Gasteiger partial charge in [0.1, 0.15) is 37.1 Å². The zero-order chi connectivity index (χ0) is 41.1. The third-order valence-electron chi connectivity index (χ3n) is 11.1. The van der Waals surface area contributed by atoms with Crippen LogP contribution in [0.5, 0.6) is 0 Å². The van der Waals surface area contributed by atoms with Crippen molar-refractivity contribution >= 4 is 99.6 Å². The van der Waals surface area contributed by atoms with Gasteiger partial charge >= 0.3 is 24.2 Å². The molecule has 4 aliphatic rings. The van der Waals surface area contributed by atoms with Crippen molar-refractivity contribution in [2.24, 2.45) is 16.7 Å². The predicted octanol–water partition coefficient (Wildman–Crippen LogP) is 6.14. The van der Waals surface area contributed by atoms with Crippen molar-refractivity contribution in [3.05, 3.63) is 47.0 Å². The Kier molecular flexibility index (Phi) is 12.3. The van der Waals surface area contributed by atoms with E-state index in [0.29, 0.717) is 0 Å². The van der Waals surface area contributed by atoms with Crippen molar-refractivity contribution in [1.82, 2.24) is 0 Å². The van der Waals surface area contributed by atoms with Crippen molar-refractivity contribution < 1.29 is 67.3 Å². The van der Waals surface area contributed by atoms with Crippen LogP contribution in [0.3, 0.4) is 0 Å². The highest BCUT2D eigenvalue weighted by molar-refractivity contribution is 6.68. The first-order chi connectivity index (χ1) is 25.3. The van der Waals surface area contributed by atoms with E-state index in [1.165, 1.54) is 39.8 Å². The minimum absolute atomic E-state index is 0.0436. The van der Waals surface area contributed by atoms with Crippen LogP contribution in [0.2, 0.25) is 0 Å². The van der Waals surface area contributed by atoms with Gasteiger partial charge in [-0.1, -0.05) is 102 Å². The van der Waals surface area contributed by atoms with Crippen molar-refractivity contribution in [3.63, 3.8) is 0 Å². The molecule has 5 rings (SSSR count). The summed E-state index contributed by atoms with van der Waals surface area (Å²) in [6.45, 7) is 4.91. The van der Waals surface area contributed by atoms with Crippen LogP contribution in [-0.2, 0) is 42.7 Å². The van der Waals surface area contributed by atoms with E-state index in [9.17, 15) is 29.4 Å². The number of aliphatic hydroxyl groups is 2. The fourth-order valence-corrected chi connectivity index (χ4v) is 8.78. The molecule has 1 aromatic rings. The first-order valence-corrected chi connectivity index (χ1v) is 19.1. The van der Waals surface area contributed by atoms with Gasteiger partial charge in [0, 0.05) is 25.2 Å². The number of esters is 2. The third-order valence-corrected chi connectivity index (χ3v) is 11.7. The Morgan fingerprint density at radius 2 is 1.47 bits per heavy atom. The molecule has 3 aliphatic carbocycles. The number of ketones is 1. The van der Waals surface area contributed by atoms with Crippen molar-refractivity contribution in [2.75, 3.05) is 19.8 Å². The summed E-state index contributed by atoms with van der Waals surface area (Å²) in [5.74, 6) is -4.48.